The van der Waals surface area contributed by atoms with Crippen LogP contribution in [0.1, 0.15) is 63.7 Å². The van der Waals surface area contributed by atoms with Crippen molar-refractivity contribution in [1.82, 2.24) is 9.88 Å². The molecule has 1 saturated carbocycles. The Morgan fingerprint density at radius 1 is 1.36 bits per heavy atom. The minimum absolute atomic E-state index is 0.0128. The van der Waals surface area contributed by atoms with Gasteiger partial charge in [-0.2, -0.15) is 4.98 Å². The molecule has 1 fully saturated rings. The van der Waals surface area contributed by atoms with Gasteiger partial charge in [-0.25, -0.2) is 4.79 Å². The zero-order chi connectivity index (χ0) is 21.1. The molecule has 0 unspecified atom stereocenters. The first-order valence-corrected chi connectivity index (χ1v) is 10.5. The van der Waals surface area contributed by atoms with Gasteiger partial charge in [0.05, 0.1) is 10.2 Å². The van der Waals surface area contributed by atoms with Gasteiger partial charge < -0.3 is 25.8 Å². The van der Waals surface area contributed by atoms with Gasteiger partial charge in [-0.05, 0) is 82.0 Å². The summed E-state index contributed by atoms with van der Waals surface area (Å²) in [5, 5.41) is 13.0. The number of carbonyl (C=O) groups is 2. The number of nitrogens with zero attached hydrogens (tertiary/aromatic N) is 2. The van der Waals surface area contributed by atoms with Crippen molar-refractivity contribution in [2.24, 2.45) is 5.73 Å². The molecule has 9 heteroatoms. The number of pyridine rings is 1. The molecule has 0 radical (unpaired) electrons. The number of aromatic nitrogens is 1. The number of hydrogen-bond donors (Lipinski definition) is 3. The second-order valence-electron chi connectivity index (χ2n) is 7.94. The lowest BCUT2D eigenvalue weighted by molar-refractivity contribution is 0.0556. The molecule has 1 aromatic heterocycles. The van der Waals surface area contributed by atoms with Crippen molar-refractivity contribution in [2.75, 3.05) is 11.9 Å². The van der Waals surface area contributed by atoms with E-state index in [1.54, 1.807) is 11.0 Å². The van der Waals surface area contributed by atoms with Crippen LogP contribution in [0.2, 0.25) is 0 Å². The minimum Gasteiger partial charge on any atom is -0.477 e. The molecule has 1 aliphatic rings. The lowest BCUT2D eigenvalue weighted by Crippen LogP contribution is -2.52. The summed E-state index contributed by atoms with van der Waals surface area (Å²) in [6.45, 7) is 7.98. The number of hydrogen-bond acceptors (Lipinski definition) is 5. The van der Waals surface area contributed by atoms with Crippen LogP contribution in [0.5, 0.6) is 5.88 Å². The van der Waals surface area contributed by atoms with Crippen molar-refractivity contribution in [3.8, 4) is 5.88 Å². The Morgan fingerprint density at radius 2 is 1.96 bits per heavy atom. The van der Waals surface area contributed by atoms with Gasteiger partial charge in [0.1, 0.15) is 11.4 Å². The molecule has 0 spiro atoms. The number of ether oxygens (including phenoxy) is 1. The van der Waals surface area contributed by atoms with Crippen LogP contribution in [-0.2, 0) is 0 Å². The summed E-state index contributed by atoms with van der Waals surface area (Å²) in [6.07, 6.45) is 2.38. The number of carbonyl (C=O) groups excluding carboxylic acids is 1. The van der Waals surface area contributed by atoms with E-state index in [0.29, 0.717) is 12.4 Å². The average Bonchev–Trinajstić information content (AvgIpc) is 2.57. The zero-order valence-electron chi connectivity index (χ0n) is 16.8. The molecule has 0 saturated heterocycles. The normalized spacial score (nSPS) is 19.8. The molecule has 2 rings (SSSR count). The average molecular weight is 504 g/mol. The van der Waals surface area contributed by atoms with Crippen LogP contribution in [0, 0.1) is 3.57 Å². The number of halogens is 1. The van der Waals surface area contributed by atoms with Gasteiger partial charge in [0.2, 0.25) is 5.88 Å². The maximum atomic E-state index is 11.7. The topological polar surface area (TPSA) is 118 Å². The number of nitrogens with two attached hydrogens (primary N) is 1. The molecule has 0 bridgehead atoms. The van der Waals surface area contributed by atoms with Crippen molar-refractivity contribution in [3.63, 3.8) is 0 Å². The van der Waals surface area contributed by atoms with Gasteiger partial charge in [0, 0.05) is 17.6 Å². The number of nitrogens with one attached hydrogen (secondary N) is 1. The third-order valence-electron chi connectivity index (χ3n) is 4.82. The number of anilines is 1. The van der Waals surface area contributed by atoms with Crippen LogP contribution in [0.4, 0.5) is 10.6 Å². The molecule has 0 aromatic carbocycles. The quantitative estimate of drug-likeness (QED) is 0.509. The summed E-state index contributed by atoms with van der Waals surface area (Å²) >= 11 is 2.12. The first-order chi connectivity index (χ1) is 13.0. The molecule has 156 valence electrons. The highest BCUT2D eigenvalue weighted by Crippen LogP contribution is 2.31. The van der Waals surface area contributed by atoms with E-state index in [-0.39, 0.29) is 23.5 Å². The predicted octanol–water partition coefficient (Wildman–Crippen LogP) is 3.69. The van der Waals surface area contributed by atoms with Gasteiger partial charge in [-0.15, -0.1) is 0 Å². The van der Waals surface area contributed by atoms with Gasteiger partial charge in [-0.1, -0.05) is 0 Å². The molecule has 28 heavy (non-hydrogen) atoms. The summed E-state index contributed by atoms with van der Waals surface area (Å²) < 4.78 is 6.26. The minimum atomic E-state index is -0.872. The van der Waals surface area contributed by atoms with E-state index in [4.69, 9.17) is 10.5 Å². The smallest absolute Gasteiger partial charge is 0.407 e. The Bertz CT molecular complexity index is 727. The SMILES string of the molecule is CCOc1nc(N[C@H]2CC[C@H](N(C(=O)O)C(C)(C)C)CC2)c(I)cc1C(N)=O. The fourth-order valence-electron chi connectivity index (χ4n) is 3.66. The second kappa shape index (κ2) is 9.15. The maximum Gasteiger partial charge on any atom is 0.407 e. The number of primary amides is 1. The molecule has 1 heterocycles. The molecule has 0 atom stereocenters. The second-order valence-corrected chi connectivity index (χ2v) is 9.10. The summed E-state index contributed by atoms with van der Waals surface area (Å²) in [6, 6.07) is 1.88. The van der Waals surface area contributed by atoms with Crippen LogP contribution in [0.15, 0.2) is 6.07 Å². The Hall–Kier alpha value is -1.78. The molecular formula is C19H29IN4O4. The highest BCUT2D eigenvalue weighted by atomic mass is 127. The van der Waals surface area contributed by atoms with Gasteiger partial charge in [0.25, 0.3) is 5.91 Å². The van der Waals surface area contributed by atoms with E-state index < -0.39 is 17.5 Å². The van der Waals surface area contributed by atoms with Crippen molar-refractivity contribution in [2.45, 2.75) is 71.0 Å². The van der Waals surface area contributed by atoms with Crippen molar-refractivity contribution in [3.05, 3.63) is 15.2 Å². The van der Waals surface area contributed by atoms with Crippen molar-refractivity contribution < 1.29 is 19.4 Å². The Balaban J connectivity index is 2.09. The lowest BCUT2D eigenvalue weighted by atomic mass is 9.88. The van der Waals surface area contributed by atoms with Crippen LogP contribution < -0.4 is 15.8 Å². The van der Waals surface area contributed by atoms with Crippen molar-refractivity contribution in [1.29, 1.82) is 0 Å². The fraction of sp³-hybridized carbons (Fsp3) is 0.632. The van der Waals surface area contributed by atoms with Gasteiger partial charge in [0.15, 0.2) is 0 Å². The standard InChI is InChI=1S/C19H29IN4O4/c1-5-28-17-13(15(21)25)10-14(20)16(23-17)22-11-6-8-12(9-7-11)24(18(26)27)19(2,3)4/h10-12H,5-9H2,1-4H3,(H2,21,25)(H,22,23)(H,26,27)/t11-,12-. The number of rotatable bonds is 6. The molecule has 1 aliphatic carbocycles. The molecule has 8 nitrogen and oxygen atoms in total. The largest absolute Gasteiger partial charge is 0.477 e. The van der Waals surface area contributed by atoms with Crippen molar-refractivity contribution >= 4 is 40.4 Å². The van der Waals surface area contributed by atoms with E-state index in [0.717, 1.165) is 29.3 Å². The van der Waals surface area contributed by atoms with Crippen LogP contribution in [-0.4, -0.2) is 51.2 Å². The molecule has 0 aliphatic heterocycles. The monoisotopic (exact) mass is 504 g/mol. The molecule has 1 aromatic rings. The molecular weight excluding hydrogens is 475 g/mol. The third kappa shape index (κ3) is 5.39. The van der Waals surface area contributed by atoms with Crippen LogP contribution in [0.3, 0.4) is 0 Å². The van der Waals surface area contributed by atoms with Gasteiger partial charge >= 0.3 is 6.09 Å². The van der Waals surface area contributed by atoms with Crippen LogP contribution in [0.25, 0.3) is 0 Å². The first kappa shape index (κ1) is 22.5. The number of amides is 2. The van der Waals surface area contributed by atoms with E-state index in [9.17, 15) is 14.7 Å². The maximum absolute atomic E-state index is 11.7. The van der Waals surface area contributed by atoms with Gasteiger partial charge in [-0.3, -0.25) is 4.79 Å². The fourth-order valence-corrected chi connectivity index (χ4v) is 4.25. The third-order valence-corrected chi connectivity index (χ3v) is 5.64. The summed E-state index contributed by atoms with van der Waals surface area (Å²) in [4.78, 5) is 29.3. The molecule has 4 N–H and O–H groups in total. The Labute approximate surface area is 179 Å². The first-order valence-electron chi connectivity index (χ1n) is 9.46. The highest BCUT2D eigenvalue weighted by molar-refractivity contribution is 14.1. The Morgan fingerprint density at radius 3 is 2.43 bits per heavy atom. The number of carboxylic acid groups (broad SMARTS) is 1. The predicted molar refractivity (Wildman–Crippen MR) is 116 cm³/mol. The molecule has 2 amide bonds. The van der Waals surface area contributed by atoms with E-state index in [1.807, 2.05) is 27.7 Å². The Kier molecular flexibility index (Phi) is 7.35. The summed E-state index contributed by atoms with van der Waals surface area (Å²) in [5.74, 6) is 0.316. The lowest BCUT2D eigenvalue weighted by Gasteiger charge is -2.42. The van der Waals surface area contributed by atoms with Crippen LogP contribution >= 0.6 is 22.6 Å². The summed E-state index contributed by atoms with van der Waals surface area (Å²) in [5.41, 5.74) is 5.26. The van der Waals surface area contributed by atoms with E-state index in [2.05, 4.69) is 32.9 Å². The van der Waals surface area contributed by atoms with E-state index >= 15 is 0 Å². The highest BCUT2D eigenvalue weighted by Gasteiger charge is 2.35. The summed E-state index contributed by atoms with van der Waals surface area (Å²) in [7, 11) is 0. The van der Waals surface area contributed by atoms with E-state index in [1.165, 1.54) is 0 Å². The zero-order valence-corrected chi connectivity index (χ0v) is 18.9.